The third-order valence-corrected chi connectivity index (χ3v) is 6.84. The number of carbonyl (C=O) groups excluding carboxylic acids is 1. The lowest BCUT2D eigenvalue weighted by molar-refractivity contribution is 0.0663. The summed E-state index contributed by atoms with van der Waals surface area (Å²) in [6, 6.07) is 7.08. The molecule has 6 nitrogen and oxygen atoms in total. The number of carbonyl (C=O) groups is 1. The van der Waals surface area contributed by atoms with Gasteiger partial charge in [0.05, 0.1) is 12.7 Å². The van der Waals surface area contributed by atoms with E-state index in [9.17, 15) is 4.79 Å². The number of rotatable bonds is 5. The molecule has 0 saturated carbocycles. The van der Waals surface area contributed by atoms with Crippen LogP contribution in [0.25, 0.3) is 10.9 Å². The molecule has 2 saturated heterocycles. The van der Waals surface area contributed by atoms with Crippen molar-refractivity contribution < 1.29 is 14.3 Å². The molecule has 0 radical (unpaired) electrons. The van der Waals surface area contributed by atoms with E-state index in [2.05, 4.69) is 54.8 Å². The van der Waals surface area contributed by atoms with Crippen LogP contribution in [0.3, 0.4) is 0 Å². The van der Waals surface area contributed by atoms with Gasteiger partial charge < -0.3 is 23.8 Å². The zero-order chi connectivity index (χ0) is 22.0. The Bertz CT molecular complexity index is 891. The predicted molar refractivity (Wildman–Crippen MR) is 124 cm³/mol. The molecule has 0 aliphatic carbocycles. The van der Waals surface area contributed by atoms with Crippen LogP contribution in [0.4, 0.5) is 4.79 Å². The van der Waals surface area contributed by atoms with Gasteiger partial charge in [0.15, 0.2) is 0 Å². The van der Waals surface area contributed by atoms with Crippen LogP contribution >= 0.6 is 0 Å². The van der Waals surface area contributed by atoms with Crippen LogP contribution in [0.5, 0.6) is 5.75 Å². The van der Waals surface area contributed by atoms with Crippen molar-refractivity contribution in [2.24, 2.45) is 7.05 Å². The van der Waals surface area contributed by atoms with Gasteiger partial charge >= 0.3 is 6.09 Å². The fourth-order valence-corrected chi connectivity index (χ4v) is 5.28. The van der Waals surface area contributed by atoms with Crippen molar-refractivity contribution >= 4 is 17.0 Å². The molecule has 4 rings (SSSR count). The van der Waals surface area contributed by atoms with Crippen LogP contribution in [0.1, 0.15) is 57.9 Å². The predicted octanol–water partition coefficient (Wildman–Crippen LogP) is 4.77. The second-order valence-electron chi connectivity index (χ2n) is 9.27. The van der Waals surface area contributed by atoms with Gasteiger partial charge in [-0.15, -0.1) is 0 Å². The minimum absolute atomic E-state index is 0.156. The highest BCUT2D eigenvalue weighted by atomic mass is 16.6. The Balaban J connectivity index is 1.38. The average Bonchev–Trinajstić information content (AvgIpc) is 3.09. The molecule has 2 aliphatic heterocycles. The Morgan fingerprint density at radius 1 is 1.10 bits per heavy atom. The largest absolute Gasteiger partial charge is 0.491 e. The zero-order valence-electron chi connectivity index (χ0n) is 19.5. The monoisotopic (exact) mass is 427 g/mol. The fourth-order valence-electron chi connectivity index (χ4n) is 5.28. The van der Waals surface area contributed by atoms with Crippen LogP contribution in [0, 0.1) is 0 Å². The average molecular weight is 428 g/mol. The number of benzene rings is 1. The minimum Gasteiger partial charge on any atom is -0.491 e. The molecule has 6 heteroatoms. The highest BCUT2D eigenvalue weighted by Crippen LogP contribution is 2.37. The van der Waals surface area contributed by atoms with Gasteiger partial charge in [-0.1, -0.05) is 0 Å². The summed E-state index contributed by atoms with van der Waals surface area (Å²) in [5, 5.41) is 1.34. The van der Waals surface area contributed by atoms with E-state index in [0.29, 0.717) is 18.6 Å². The number of likely N-dealkylation sites (tertiary alicyclic amines) is 2. The van der Waals surface area contributed by atoms with E-state index in [-0.39, 0.29) is 12.2 Å². The van der Waals surface area contributed by atoms with E-state index in [1.807, 2.05) is 11.8 Å². The van der Waals surface area contributed by atoms with Crippen molar-refractivity contribution in [2.45, 2.75) is 64.5 Å². The summed E-state index contributed by atoms with van der Waals surface area (Å²) in [7, 11) is 2.14. The van der Waals surface area contributed by atoms with Crippen molar-refractivity contribution in [2.75, 3.05) is 32.8 Å². The standard InChI is InChI=1S/C25H37N3O3/c1-5-30-25(29)28-14-10-20(11-15-28)27-12-8-19(9-13-27)23-17-26(4)24-7-6-21(16-22(23)24)31-18(2)3/h6-7,16-20H,5,8-15H2,1-4H3. The quantitative estimate of drug-likeness (QED) is 0.690. The molecule has 2 fully saturated rings. The summed E-state index contributed by atoms with van der Waals surface area (Å²) in [6.07, 6.45) is 6.82. The van der Waals surface area contributed by atoms with Gasteiger partial charge in [0.2, 0.25) is 0 Å². The Labute approximate surface area is 186 Å². The van der Waals surface area contributed by atoms with Crippen molar-refractivity contribution in [3.05, 3.63) is 30.0 Å². The molecule has 170 valence electrons. The van der Waals surface area contributed by atoms with E-state index in [4.69, 9.17) is 9.47 Å². The summed E-state index contributed by atoms with van der Waals surface area (Å²) in [5.74, 6) is 1.55. The van der Waals surface area contributed by atoms with E-state index in [1.165, 1.54) is 29.3 Å². The van der Waals surface area contributed by atoms with Crippen molar-refractivity contribution in [3.63, 3.8) is 0 Å². The van der Waals surface area contributed by atoms with Gasteiger partial charge in [0.1, 0.15) is 5.75 Å². The molecule has 2 aromatic rings. The molecular formula is C25H37N3O3. The van der Waals surface area contributed by atoms with Crippen LogP contribution in [-0.4, -0.2) is 65.4 Å². The van der Waals surface area contributed by atoms with Gasteiger partial charge in [-0.3, -0.25) is 0 Å². The normalized spacial score (nSPS) is 19.3. The van der Waals surface area contributed by atoms with Crippen LogP contribution < -0.4 is 4.74 Å². The van der Waals surface area contributed by atoms with Crippen molar-refractivity contribution in [3.8, 4) is 5.75 Å². The Morgan fingerprint density at radius 2 is 1.81 bits per heavy atom. The number of ether oxygens (including phenoxy) is 2. The molecule has 2 aliphatic rings. The highest BCUT2D eigenvalue weighted by Gasteiger charge is 2.31. The van der Waals surface area contributed by atoms with E-state index in [1.54, 1.807) is 0 Å². The first kappa shape index (κ1) is 22.0. The lowest BCUT2D eigenvalue weighted by Gasteiger charge is -2.41. The molecule has 0 unspecified atom stereocenters. The number of hydrogen-bond donors (Lipinski definition) is 0. The van der Waals surface area contributed by atoms with Crippen LogP contribution in [-0.2, 0) is 11.8 Å². The molecule has 1 aromatic carbocycles. The molecule has 3 heterocycles. The van der Waals surface area contributed by atoms with Gasteiger partial charge in [-0.25, -0.2) is 4.79 Å². The number of piperidine rings is 2. The van der Waals surface area contributed by atoms with Crippen molar-refractivity contribution in [1.82, 2.24) is 14.4 Å². The topological polar surface area (TPSA) is 46.9 Å². The van der Waals surface area contributed by atoms with Crippen LogP contribution in [0.2, 0.25) is 0 Å². The zero-order valence-corrected chi connectivity index (χ0v) is 19.5. The molecular weight excluding hydrogens is 390 g/mol. The van der Waals surface area contributed by atoms with E-state index >= 15 is 0 Å². The van der Waals surface area contributed by atoms with Gasteiger partial charge in [0, 0.05) is 43.3 Å². The lowest BCUT2D eigenvalue weighted by Crippen LogP contribution is -2.48. The first-order valence-electron chi connectivity index (χ1n) is 11.9. The lowest BCUT2D eigenvalue weighted by atomic mass is 9.87. The third kappa shape index (κ3) is 4.84. The summed E-state index contributed by atoms with van der Waals surface area (Å²) in [6.45, 7) is 10.3. The SMILES string of the molecule is CCOC(=O)N1CCC(N2CCC(c3cn(C)c4ccc(OC(C)C)cc34)CC2)CC1. The molecule has 1 amide bonds. The Hall–Kier alpha value is -2.21. The van der Waals surface area contributed by atoms with Crippen LogP contribution in [0.15, 0.2) is 24.4 Å². The maximum atomic E-state index is 12.0. The van der Waals surface area contributed by atoms with Crippen molar-refractivity contribution in [1.29, 1.82) is 0 Å². The number of amides is 1. The molecule has 0 atom stereocenters. The summed E-state index contributed by atoms with van der Waals surface area (Å²) in [5.41, 5.74) is 2.74. The number of fused-ring (bicyclic) bond motifs is 1. The molecule has 1 aromatic heterocycles. The fraction of sp³-hybridized carbons (Fsp3) is 0.640. The van der Waals surface area contributed by atoms with E-state index < -0.39 is 0 Å². The molecule has 0 bridgehead atoms. The number of aromatic nitrogens is 1. The smallest absolute Gasteiger partial charge is 0.409 e. The summed E-state index contributed by atoms with van der Waals surface area (Å²) < 4.78 is 13.4. The minimum atomic E-state index is -0.156. The highest BCUT2D eigenvalue weighted by molar-refractivity contribution is 5.86. The van der Waals surface area contributed by atoms with Gasteiger partial charge in [-0.05, 0) is 89.2 Å². The summed E-state index contributed by atoms with van der Waals surface area (Å²) in [4.78, 5) is 16.5. The number of hydrogen-bond acceptors (Lipinski definition) is 4. The number of nitrogens with zero attached hydrogens (tertiary/aromatic N) is 3. The molecule has 0 N–H and O–H groups in total. The maximum Gasteiger partial charge on any atom is 0.409 e. The maximum absolute atomic E-state index is 12.0. The Morgan fingerprint density at radius 3 is 2.45 bits per heavy atom. The van der Waals surface area contributed by atoms with Gasteiger partial charge in [-0.2, -0.15) is 0 Å². The molecule has 31 heavy (non-hydrogen) atoms. The van der Waals surface area contributed by atoms with E-state index in [0.717, 1.165) is 44.8 Å². The third-order valence-electron chi connectivity index (χ3n) is 6.84. The second kappa shape index (κ2) is 9.51. The first-order chi connectivity index (χ1) is 15.0. The summed E-state index contributed by atoms with van der Waals surface area (Å²) >= 11 is 0. The number of aryl methyl sites for hydroxylation is 1. The first-order valence-corrected chi connectivity index (χ1v) is 11.9. The second-order valence-corrected chi connectivity index (χ2v) is 9.27. The Kier molecular flexibility index (Phi) is 6.75. The van der Waals surface area contributed by atoms with Gasteiger partial charge in [0.25, 0.3) is 0 Å². The molecule has 0 spiro atoms.